The van der Waals surface area contributed by atoms with Gasteiger partial charge < -0.3 is 9.88 Å². The normalized spacial score (nSPS) is 16.7. The Morgan fingerprint density at radius 2 is 1.85 bits per heavy atom. The molecule has 2 heterocycles. The molecule has 1 fully saturated rings. The molecule has 3 aromatic rings. The molecule has 0 saturated heterocycles. The monoisotopic (exact) mass is 567 g/mol. The van der Waals surface area contributed by atoms with E-state index in [-0.39, 0.29) is 15.8 Å². The lowest BCUT2D eigenvalue weighted by Crippen LogP contribution is -2.36. The maximum Gasteiger partial charge on any atom is 0.256 e. The molecule has 1 aliphatic heterocycles. The molecule has 0 atom stereocenters. The third-order valence-corrected chi connectivity index (χ3v) is 11.2. The van der Waals surface area contributed by atoms with Gasteiger partial charge in [0.15, 0.2) is 0 Å². The number of benzene rings is 2. The van der Waals surface area contributed by atoms with Crippen molar-refractivity contribution < 1.29 is 13.2 Å². The van der Waals surface area contributed by atoms with Crippen molar-refractivity contribution in [3.8, 4) is 0 Å². The highest BCUT2D eigenvalue weighted by atomic mass is 32.2. The fourth-order valence-corrected chi connectivity index (χ4v) is 8.39. The molecular weight excluding hydrogens is 530 g/mol. The molecule has 2 aliphatic rings. The van der Waals surface area contributed by atoms with Gasteiger partial charge in [0, 0.05) is 43.0 Å². The van der Waals surface area contributed by atoms with Crippen molar-refractivity contribution in [3.05, 3.63) is 75.6 Å². The maximum atomic E-state index is 13.6. The fraction of sp³-hybridized carbons (Fsp3) is 0.467. The highest BCUT2D eigenvalue weighted by Gasteiger charge is 2.29. The molecule has 1 aromatic heterocycles. The first-order chi connectivity index (χ1) is 18.9. The Morgan fingerprint density at radius 1 is 1.08 bits per heavy atom. The second-order valence-corrected chi connectivity index (χ2v) is 13.8. The molecule has 1 aliphatic carbocycles. The van der Waals surface area contributed by atoms with Crippen LogP contribution in [0, 0.1) is 0 Å². The number of thioether (sulfide) groups is 1. The highest BCUT2D eigenvalue weighted by Crippen LogP contribution is 2.29. The minimum absolute atomic E-state index is 0.0470. The number of carbonyl (C=O) groups is 1. The average molecular weight is 568 g/mol. The maximum absolute atomic E-state index is 13.6. The van der Waals surface area contributed by atoms with Crippen LogP contribution < -0.4 is 10.7 Å². The van der Waals surface area contributed by atoms with Crippen LogP contribution in [0.4, 0.5) is 0 Å². The van der Waals surface area contributed by atoms with Gasteiger partial charge in [0.2, 0.25) is 15.5 Å². The number of fused-ring (bicyclic) bond motifs is 2. The molecule has 1 amide bonds. The summed E-state index contributed by atoms with van der Waals surface area (Å²) in [6, 6.07) is 12.6. The van der Waals surface area contributed by atoms with Gasteiger partial charge >= 0.3 is 0 Å². The number of sulfonamides is 1. The quantitative estimate of drug-likeness (QED) is 0.370. The first-order valence-electron chi connectivity index (χ1n) is 14.0. The Hall–Kier alpha value is -2.62. The van der Waals surface area contributed by atoms with Gasteiger partial charge in [-0.25, -0.2) is 8.42 Å². The van der Waals surface area contributed by atoms with Crippen LogP contribution in [-0.4, -0.2) is 47.3 Å². The van der Waals surface area contributed by atoms with E-state index in [1.165, 1.54) is 42.5 Å². The number of nitrogens with zero attached hydrogens (tertiary/aromatic N) is 2. The molecule has 0 bridgehead atoms. The molecule has 7 nitrogen and oxygen atoms in total. The van der Waals surface area contributed by atoms with Crippen LogP contribution in [0.15, 0.2) is 58.4 Å². The van der Waals surface area contributed by atoms with Crippen molar-refractivity contribution in [2.45, 2.75) is 75.1 Å². The van der Waals surface area contributed by atoms with E-state index in [0.29, 0.717) is 38.1 Å². The Balaban J connectivity index is 1.33. The number of carbonyl (C=O) groups excluding carboxylic acids is 1. The number of hydrogen-bond donors (Lipinski definition) is 1. The van der Waals surface area contributed by atoms with E-state index in [4.69, 9.17) is 0 Å². The predicted octanol–water partition coefficient (Wildman–Crippen LogP) is 4.95. The summed E-state index contributed by atoms with van der Waals surface area (Å²) in [7, 11) is -3.81. The lowest BCUT2D eigenvalue weighted by atomic mass is 10.0. The summed E-state index contributed by atoms with van der Waals surface area (Å²) in [6.07, 6.45) is 9.63. The zero-order valence-electron chi connectivity index (χ0n) is 22.5. The van der Waals surface area contributed by atoms with Crippen molar-refractivity contribution in [3.63, 3.8) is 0 Å². The third kappa shape index (κ3) is 6.10. The van der Waals surface area contributed by atoms with Crippen molar-refractivity contribution >= 4 is 38.6 Å². The SMILES string of the molecule is CCn1cc(C(=O)NCCCSC2CCCCC2)c(=O)c2cc(S(=O)(=O)N3CCc4ccccc4C3)ccc21. The van der Waals surface area contributed by atoms with Crippen LogP contribution >= 0.6 is 11.8 Å². The van der Waals surface area contributed by atoms with Crippen molar-refractivity contribution in [2.24, 2.45) is 0 Å². The van der Waals surface area contributed by atoms with Gasteiger partial charge in [-0.3, -0.25) is 9.59 Å². The van der Waals surface area contributed by atoms with Crippen LogP contribution in [0.2, 0.25) is 0 Å². The van der Waals surface area contributed by atoms with Gasteiger partial charge in [-0.05, 0) is 67.7 Å². The van der Waals surface area contributed by atoms with Gasteiger partial charge in [0.1, 0.15) is 5.56 Å². The number of rotatable bonds is 9. The van der Waals surface area contributed by atoms with E-state index in [0.717, 1.165) is 28.6 Å². The number of hydrogen-bond acceptors (Lipinski definition) is 5. The van der Waals surface area contributed by atoms with Crippen molar-refractivity contribution in [2.75, 3.05) is 18.8 Å². The molecule has 208 valence electrons. The Labute approximate surface area is 235 Å². The zero-order chi connectivity index (χ0) is 27.4. The second-order valence-electron chi connectivity index (χ2n) is 10.4. The Morgan fingerprint density at radius 3 is 2.62 bits per heavy atom. The van der Waals surface area contributed by atoms with E-state index in [1.807, 2.05) is 47.5 Å². The van der Waals surface area contributed by atoms with Gasteiger partial charge in [-0.2, -0.15) is 16.1 Å². The average Bonchev–Trinajstić information content (AvgIpc) is 2.97. The predicted molar refractivity (Wildman–Crippen MR) is 158 cm³/mol. The Kier molecular flexibility index (Phi) is 8.79. The number of nitrogens with one attached hydrogen (secondary N) is 1. The summed E-state index contributed by atoms with van der Waals surface area (Å²) in [4.78, 5) is 26.6. The van der Waals surface area contributed by atoms with Gasteiger partial charge in [0.25, 0.3) is 5.91 Å². The molecule has 2 aromatic carbocycles. The van der Waals surface area contributed by atoms with E-state index < -0.39 is 21.4 Å². The van der Waals surface area contributed by atoms with Crippen LogP contribution in [0.5, 0.6) is 0 Å². The lowest BCUT2D eigenvalue weighted by molar-refractivity contribution is 0.0952. The number of aryl methyl sites for hydroxylation is 1. The molecule has 0 unspecified atom stereocenters. The minimum atomic E-state index is -3.81. The topological polar surface area (TPSA) is 88.5 Å². The fourth-order valence-electron chi connectivity index (χ4n) is 5.64. The van der Waals surface area contributed by atoms with E-state index in [1.54, 1.807) is 18.3 Å². The summed E-state index contributed by atoms with van der Waals surface area (Å²) < 4.78 is 30.5. The smallest absolute Gasteiger partial charge is 0.256 e. The summed E-state index contributed by atoms with van der Waals surface area (Å²) in [5.41, 5.74) is 2.38. The largest absolute Gasteiger partial charge is 0.352 e. The number of aromatic nitrogens is 1. The highest BCUT2D eigenvalue weighted by molar-refractivity contribution is 7.99. The van der Waals surface area contributed by atoms with E-state index in [2.05, 4.69) is 5.32 Å². The van der Waals surface area contributed by atoms with Gasteiger partial charge in [0.05, 0.1) is 10.4 Å². The molecule has 5 rings (SSSR count). The van der Waals surface area contributed by atoms with Crippen LogP contribution in [0.3, 0.4) is 0 Å². The first-order valence-corrected chi connectivity index (χ1v) is 16.5. The molecule has 39 heavy (non-hydrogen) atoms. The molecule has 0 radical (unpaired) electrons. The molecule has 9 heteroatoms. The van der Waals surface area contributed by atoms with Gasteiger partial charge in [-0.15, -0.1) is 0 Å². The molecule has 1 saturated carbocycles. The van der Waals surface area contributed by atoms with E-state index >= 15 is 0 Å². The van der Waals surface area contributed by atoms with Gasteiger partial charge in [-0.1, -0.05) is 43.5 Å². The lowest BCUT2D eigenvalue weighted by Gasteiger charge is -2.28. The molecule has 0 spiro atoms. The van der Waals surface area contributed by atoms with Crippen LogP contribution in [-0.2, 0) is 29.5 Å². The summed E-state index contributed by atoms with van der Waals surface area (Å²) >= 11 is 1.99. The minimum Gasteiger partial charge on any atom is -0.352 e. The molecular formula is C30H37N3O4S2. The standard InChI is InChI=1S/C30H37N3O4S2/c1-2-32-21-27(30(35)31-16-8-18-38-24-11-4-3-5-12-24)29(34)26-19-25(13-14-28(26)32)39(36,37)33-17-15-22-9-6-7-10-23(22)20-33/h6-7,9-10,13-14,19,21,24H,2-5,8,11-12,15-18,20H2,1H3,(H,31,35). The number of amides is 1. The van der Waals surface area contributed by atoms with E-state index in [9.17, 15) is 18.0 Å². The van der Waals surface area contributed by atoms with Crippen LogP contribution in [0.1, 0.15) is 66.9 Å². The summed E-state index contributed by atoms with van der Waals surface area (Å²) in [6.45, 7) is 3.68. The third-order valence-electron chi connectivity index (χ3n) is 7.88. The zero-order valence-corrected chi connectivity index (χ0v) is 24.2. The van der Waals surface area contributed by atoms with Crippen molar-refractivity contribution in [1.29, 1.82) is 0 Å². The van der Waals surface area contributed by atoms with Crippen LogP contribution in [0.25, 0.3) is 10.9 Å². The van der Waals surface area contributed by atoms with Crippen molar-refractivity contribution in [1.82, 2.24) is 14.2 Å². The molecule has 1 N–H and O–H groups in total. The first kappa shape index (κ1) is 27.9. The Bertz CT molecular complexity index is 1510. The summed E-state index contributed by atoms with van der Waals surface area (Å²) in [5, 5.41) is 3.89. The second kappa shape index (κ2) is 12.3. The summed E-state index contributed by atoms with van der Waals surface area (Å²) in [5.74, 6) is 0.581. The number of pyridine rings is 1.